The Balaban J connectivity index is 1.49. The maximum absolute atomic E-state index is 12.5. The number of rotatable bonds is 7. The SMILES string of the molecule is CCN(Cc1ccc2c(c1)OCO2)C(=O)CCNC(=O)c1ccc(Br)cc1. The predicted octanol–water partition coefficient (Wildman–Crippen LogP) is 3.35. The second-order valence-electron chi connectivity index (χ2n) is 6.11. The van der Waals surface area contributed by atoms with E-state index in [0.717, 1.165) is 15.8 Å². The third-order valence-corrected chi connectivity index (χ3v) is 4.80. The number of halogens is 1. The molecule has 7 heteroatoms. The fourth-order valence-corrected chi connectivity index (χ4v) is 3.04. The average molecular weight is 433 g/mol. The van der Waals surface area contributed by atoms with Gasteiger partial charge in [-0.15, -0.1) is 0 Å². The van der Waals surface area contributed by atoms with Gasteiger partial charge < -0.3 is 19.7 Å². The monoisotopic (exact) mass is 432 g/mol. The van der Waals surface area contributed by atoms with Crippen molar-refractivity contribution in [2.75, 3.05) is 19.9 Å². The Morgan fingerprint density at radius 3 is 2.59 bits per heavy atom. The minimum Gasteiger partial charge on any atom is -0.454 e. The van der Waals surface area contributed by atoms with E-state index in [0.29, 0.717) is 30.9 Å². The summed E-state index contributed by atoms with van der Waals surface area (Å²) in [5.74, 6) is 1.24. The predicted molar refractivity (Wildman–Crippen MR) is 105 cm³/mol. The Bertz CT molecular complexity index is 823. The Kier molecular flexibility index (Phi) is 6.34. The molecule has 0 unspecified atom stereocenters. The van der Waals surface area contributed by atoms with Gasteiger partial charge >= 0.3 is 0 Å². The maximum Gasteiger partial charge on any atom is 0.251 e. The normalized spacial score (nSPS) is 11.9. The molecule has 142 valence electrons. The van der Waals surface area contributed by atoms with Gasteiger partial charge in [0.05, 0.1) is 0 Å². The Hall–Kier alpha value is -2.54. The second kappa shape index (κ2) is 8.90. The molecule has 0 saturated heterocycles. The molecule has 27 heavy (non-hydrogen) atoms. The lowest BCUT2D eigenvalue weighted by molar-refractivity contribution is -0.131. The van der Waals surface area contributed by atoms with E-state index < -0.39 is 0 Å². The summed E-state index contributed by atoms with van der Waals surface area (Å²) in [5.41, 5.74) is 1.55. The first-order chi connectivity index (χ1) is 13.1. The van der Waals surface area contributed by atoms with Gasteiger partial charge in [-0.3, -0.25) is 9.59 Å². The molecule has 0 aliphatic carbocycles. The summed E-state index contributed by atoms with van der Waals surface area (Å²) >= 11 is 3.34. The fraction of sp³-hybridized carbons (Fsp3) is 0.300. The van der Waals surface area contributed by atoms with Gasteiger partial charge in [0.15, 0.2) is 11.5 Å². The van der Waals surface area contributed by atoms with Crippen LogP contribution in [0.2, 0.25) is 0 Å². The van der Waals surface area contributed by atoms with Gasteiger partial charge in [0.2, 0.25) is 12.7 Å². The van der Waals surface area contributed by atoms with Crippen molar-refractivity contribution >= 4 is 27.7 Å². The second-order valence-corrected chi connectivity index (χ2v) is 7.02. The number of benzene rings is 2. The zero-order chi connectivity index (χ0) is 19.2. The molecule has 1 heterocycles. The molecule has 0 bridgehead atoms. The molecule has 1 aliphatic heterocycles. The van der Waals surface area contributed by atoms with Crippen LogP contribution in [-0.4, -0.2) is 36.6 Å². The molecule has 0 saturated carbocycles. The van der Waals surface area contributed by atoms with E-state index in [9.17, 15) is 9.59 Å². The zero-order valence-electron chi connectivity index (χ0n) is 15.0. The number of carbonyl (C=O) groups is 2. The number of carbonyl (C=O) groups excluding carboxylic acids is 2. The lowest BCUT2D eigenvalue weighted by Gasteiger charge is -2.21. The van der Waals surface area contributed by atoms with Gasteiger partial charge in [-0.1, -0.05) is 22.0 Å². The lowest BCUT2D eigenvalue weighted by atomic mass is 10.2. The molecule has 2 aromatic carbocycles. The van der Waals surface area contributed by atoms with Gasteiger partial charge in [-0.2, -0.15) is 0 Å². The van der Waals surface area contributed by atoms with Crippen LogP contribution in [0.5, 0.6) is 11.5 Å². The standard InChI is InChI=1S/C20H21BrN2O4/c1-2-23(12-14-3-8-17-18(11-14)27-13-26-17)19(24)9-10-22-20(25)15-4-6-16(21)7-5-15/h3-8,11H,2,9-10,12-13H2,1H3,(H,22,25). The van der Waals surface area contributed by atoms with E-state index in [2.05, 4.69) is 21.2 Å². The van der Waals surface area contributed by atoms with Crippen molar-refractivity contribution in [1.82, 2.24) is 10.2 Å². The van der Waals surface area contributed by atoms with Crippen LogP contribution in [-0.2, 0) is 11.3 Å². The summed E-state index contributed by atoms with van der Waals surface area (Å²) in [7, 11) is 0. The van der Waals surface area contributed by atoms with E-state index in [-0.39, 0.29) is 25.0 Å². The number of fused-ring (bicyclic) bond motifs is 1. The van der Waals surface area contributed by atoms with E-state index in [1.165, 1.54) is 0 Å². The summed E-state index contributed by atoms with van der Waals surface area (Å²) in [5, 5.41) is 2.79. The van der Waals surface area contributed by atoms with Gasteiger partial charge in [0.1, 0.15) is 0 Å². The number of amides is 2. The van der Waals surface area contributed by atoms with Crippen LogP contribution in [0.1, 0.15) is 29.3 Å². The molecular weight excluding hydrogens is 412 g/mol. The largest absolute Gasteiger partial charge is 0.454 e. The van der Waals surface area contributed by atoms with Crippen LogP contribution in [0, 0.1) is 0 Å². The summed E-state index contributed by atoms with van der Waals surface area (Å²) in [6.07, 6.45) is 0.251. The summed E-state index contributed by atoms with van der Waals surface area (Å²) in [6.45, 7) is 3.55. The van der Waals surface area contributed by atoms with Gasteiger partial charge in [0.25, 0.3) is 5.91 Å². The van der Waals surface area contributed by atoms with Crippen molar-refractivity contribution in [1.29, 1.82) is 0 Å². The fourth-order valence-electron chi connectivity index (χ4n) is 2.78. The molecule has 0 atom stereocenters. The molecule has 0 aromatic heterocycles. The van der Waals surface area contributed by atoms with Gasteiger partial charge in [0, 0.05) is 36.1 Å². The van der Waals surface area contributed by atoms with Crippen LogP contribution < -0.4 is 14.8 Å². The first kappa shape index (κ1) is 19.2. The van der Waals surface area contributed by atoms with Crippen LogP contribution in [0.15, 0.2) is 46.9 Å². The molecule has 0 spiro atoms. The van der Waals surface area contributed by atoms with Crippen LogP contribution in [0.3, 0.4) is 0 Å². The van der Waals surface area contributed by atoms with Crippen molar-refractivity contribution in [2.24, 2.45) is 0 Å². The summed E-state index contributed by atoms with van der Waals surface area (Å²) < 4.78 is 11.6. The van der Waals surface area contributed by atoms with Crippen molar-refractivity contribution in [3.05, 3.63) is 58.1 Å². The van der Waals surface area contributed by atoms with E-state index in [1.54, 1.807) is 17.0 Å². The first-order valence-corrected chi connectivity index (χ1v) is 9.56. The van der Waals surface area contributed by atoms with Gasteiger partial charge in [-0.05, 0) is 48.9 Å². The first-order valence-electron chi connectivity index (χ1n) is 8.77. The molecule has 1 aliphatic rings. The van der Waals surface area contributed by atoms with Crippen molar-refractivity contribution in [3.63, 3.8) is 0 Å². The third-order valence-electron chi connectivity index (χ3n) is 4.28. The molecule has 0 fully saturated rings. The quantitative estimate of drug-likeness (QED) is 0.728. The smallest absolute Gasteiger partial charge is 0.251 e. The molecule has 2 amide bonds. The highest BCUT2D eigenvalue weighted by Crippen LogP contribution is 2.32. The Labute approximate surface area is 166 Å². The van der Waals surface area contributed by atoms with E-state index >= 15 is 0 Å². The number of hydrogen-bond acceptors (Lipinski definition) is 4. The van der Waals surface area contributed by atoms with Crippen LogP contribution >= 0.6 is 15.9 Å². The minimum atomic E-state index is -0.186. The van der Waals surface area contributed by atoms with Crippen molar-refractivity contribution in [2.45, 2.75) is 19.9 Å². The summed E-state index contributed by atoms with van der Waals surface area (Å²) in [6, 6.07) is 12.8. The molecule has 6 nitrogen and oxygen atoms in total. The Morgan fingerprint density at radius 1 is 1.11 bits per heavy atom. The maximum atomic E-state index is 12.5. The zero-order valence-corrected chi connectivity index (χ0v) is 16.6. The highest BCUT2D eigenvalue weighted by molar-refractivity contribution is 9.10. The van der Waals surface area contributed by atoms with Crippen molar-refractivity contribution < 1.29 is 19.1 Å². The highest BCUT2D eigenvalue weighted by atomic mass is 79.9. The molecule has 2 aromatic rings. The average Bonchev–Trinajstić information content (AvgIpc) is 3.14. The minimum absolute atomic E-state index is 0.00808. The molecule has 1 N–H and O–H groups in total. The number of ether oxygens (including phenoxy) is 2. The molecule has 0 radical (unpaired) electrons. The highest BCUT2D eigenvalue weighted by Gasteiger charge is 2.17. The third kappa shape index (κ3) is 5.01. The Morgan fingerprint density at radius 2 is 1.85 bits per heavy atom. The van der Waals surface area contributed by atoms with Gasteiger partial charge in [-0.25, -0.2) is 0 Å². The molecular formula is C20H21BrN2O4. The lowest BCUT2D eigenvalue weighted by Crippen LogP contribution is -2.34. The molecule has 3 rings (SSSR count). The van der Waals surface area contributed by atoms with Crippen molar-refractivity contribution in [3.8, 4) is 11.5 Å². The topological polar surface area (TPSA) is 67.9 Å². The number of hydrogen-bond donors (Lipinski definition) is 1. The van der Waals surface area contributed by atoms with Crippen LogP contribution in [0.4, 0.5) is 0 Å². The van der Waals surface area contributed by atoms with Crippen LogP contribution in [0.25, 0.3) is 0 Å². The number of nitrogens with zero attached hydrogens (tertiary/aromatic N) is 1. The number of nitrogens with one attached hydrogen (secondary N) is 1. The summed E-state index contributed by atoms with van der Waals surface area (Å²) in [4.78, 5) is 26.3. The van der Waals surface area contributed by atoms with E-state index in [1.807, 2.05) is 37.3 Å². The van der Waals surface area contributed by atoms with E-state index in [4.69, 9.17) is 9.47 Å².